The first-order valence-corrected chi connectivity index (χ1v) is 10.2. The molecule has 0 saturated heterocycles. The highest BCUT2D eigenvalue weighted by molar-refractivity contribution is 7.86. The van der Waals surface area contributed by atoms with Crippen LogP contribution < -0.4 is 10.6 Å². The van der Waals surface area contributed by atoms with Gasteiger partial charge in [0.1, 0.15) is 9.79 Å². The topological polar surface area (TPSA) is 167 Å². The van der Waals surface area contributed by atoms with Crippen molar-refractivity contribution < 1.29 is 35.5 Å². The van der Waals surface area contributed by atoms with Crippen LogP contribution in [0.3, 0.4) is 0 Å². The van der Waals surface area contributed by atoms with Gasteiger partial charge in [-0.3, -0.25) is 18.7 Å². The molecule has 0 spiro atoms. The zero-order valence-electron chi connectivity index (χ0n) is 14.0. The maximum Gasteiger partial charge on any atom is 0.295 e. The highest BCUT2D eigenvalue weighted by atomic mass is 32.2. The minimum absolute atomic E-state index is 0.00563. The van der Waals surface area contributed by atoms with Crippen molar-refractivity contribution in [2.75, 3.05) is 10.6 Å². The first-order chi connectivity index (χ1) is 13.0. The Labute approximate surface area is 160 Å². The van der Waals surface area contributed by atoms with Gasteiger partial charge in [0.05, 0.1) is 0 Å². The maximum atomic E-state index is 11.8. The van der Waals surface area contributed by atoms with Crippen LogP contribution in [0.1, 0.15) is 0 Å². The van der Waals surface area contributed by atoms with Gasteiger partial charge in [-0.15, -0.1) is 0 Å². The highest BCUT2D eigenvalue weighted by Gasteiger charge is 2.24. The number of hydrogen-bond donors (Lipinski definition) is 4. The molecule has 2 aromatic rings. The van der Waals surface area contributed by atoms with Crippen molar-refractivity contribution in [1.29, 1.82) is 0 Å². The largest absolute Gasteiger partial charge is 0.329 e. The summed E-state index contributed by atoms with van der Waals surface area (Å²) in [6.45, 7) is 3.25. The Morgan fingerprint density at radius 3 is 1.79 bits per heavy atom. The van der Waals surface area contributed by atoms with Gasteiger partial charge in [0.25, 0.3) is 20.2 Å². The van der Waals surface area contributed by atoms with Crippen molar-refractivity contribution in [2.24, 2.45) is 0 Å². The Bertz CT molecular complexity index is 1170. The van der Waals surface area contributed by atoms with Crippen LogP contribution in [0.15, 0.2) is 58.8 Å². The molecule has 148 valence electrons. The van der Waals surface area contributed by atoms with Gasteiger partial charge >= 0.3 is 0 Å². The molecule has 0 aliphatic carbocycles. The van der Waals surface area contributed by atoms with Crippen LogP contribution in [-0.4, -0.2) is 38.3 Å². The normalized spacial score (nSPS) is 11.5. The van der Waals surface area contributed by atoms with Crippen LogP contribution in [0.4, 0.5) is 11.4 Å². The molecule has 28 heavy (non-hydrogen) atoms. The quantitative estimate of drug-likeness (QED) is 0.294. The summed E-state index contributed by atoms with van der Waals surface area (Å²) in [5.74, 6) is -0.642. The second-order valence-electron chi connectivity index (χ2n) is 5.33. The van der Waals surface area contributed by atoms with E-state index in [9.17, 15) is 35.5 Å². The third-order valence-electron chi connectivity index (χ3n) is 3.49. The molecule has 2 amide bonds. The fourth-order valence-electron chi connectivity index (χ4n) is 2.35. The van der Waals surface area contributed by atoms with Gasteiger partial charge in [0.2, 0.25) is 12.3 Å². The number of benzene rings is 2. The average Bonchev–Trinajstić information content (AvgIpc) is 2.60. The molecule has 4 N–H and O–H groups in total. The molecule has 0 bridgehead atoms. The summed E-state index contributed by atoms with van der Waals surface area (Å²) >= 11 is 0. The van der Waals surface area contributed by atoms with E-state index in [2.05, 4.69) is 17.2 Å². The second-order valence-corrected chi connectivity index (χ2v) is 8.11. The SMILES string of the molecule is C=CC(=O)Nc1ccc(-c2ccc(NC=O)cc2S(=O)(=O)O)c(S(=O)(=O)O)c1. The van der Waals surface area contributed by atoms with E-state index in [1.807, 2.05) is 0 Å². The van der Waals surface area contributed by atoms with Crippen LogP contribution >= 0.6 is 0 Å². The molecule has 0 heterocycles. The third-order valence-corrected chi connectivity index (χ3v) is 5.27. The Kier molecular flexibility index (Phi) is 5.99. The molecule has 2 aromatic carbocycles. The first-order valence-electron chi connectivity index (χ1n) is 7.34. The molecule has 0 fully saturated rings. The maximum absolute atomic E-state index is 11.8. The molecule has 0 radical (unpaired) electrons. The van der Waals surface area contributed by atoms with Crippen LogP contribution in [0.25, 0.3) is 11.1 Å². The lowest BCUT2D eigenvalue weighted by atomic mass is 10.0. The Morgan fingerprint density at radius 1 is 0.893 bits per heavy atom. The lowest BCUT2D eigenvalue weighted by Gasteiger charge is -2.14. The summed E-state index contributed by atoms with van der Waals surface area (Å²) in [6, 6.07) is 6.63. The van der Waals surface area contributed by atoms with Crippen molar-refractivity contribution in [3.8, 4) is 11.1 Å². The van der Waals surface area contributed by atoms with Crippen LogP contribution in [-0.2, 0) is 29.8 Å². The van der Waals surface area contributed by atoms with E-state index in [0.717, 1.165) is 30.3 Å². The Morgan fingerprint density at radius 2 is 1.36 bits per heavy atom. The summed E-state index contributed by atoms with van der Waals surface area (Å²) in [7, 11) is -9.69. The summed E-state index contributed by atoms with van der Waals surface area (Å²) in [5, 5.41) is 4.50. The number of amides is 2. The molecule has 0 aliphatic heterocycles. The first kappa shape index (κ1) is 21.2. The van der Waals surface area contributed by atoms with E-state index >= 15 is 0 Å². The van der Waals surface area contributed by atoms with E-state index in [0.29, 0.717) is 0 Å². The van der Waals surface area contributed by atoms with Crippen molar-refractivity contribution >= 4 is 43.9 Å². The molecule has 0 aromatic heterocycles. The molecule has 0 unspecified atom stereocenters. The van der Waals surface area contributed by atoms with Gasteiger partial charge in [-0.2, -0.15) is 16.8 Å². The lowest BCUT2D eigenvalue weighted by molar-refractivity contribution is -0.112. The number of carbonyl (C=O) groups is 2. The summed E-state index contributed by atoms with van der Waals surface area (Å²) in [6.07, 6.45) is 1.22. The van der Waals surface area contributed by atoms with E-state index < -0.39 is 35.9 Å². The highest BCUT2D eigenvalue weighted by Crippen LogP contribution is 2.35. The fraction of sp³-hybridized carbons (Fsp3) is 0. The van der Waals surface area contributed by atoms with Crippen molar-refractivity contribution in [3.05, 3.63) is 49.1 Å². The van der Waals surface area contributed by atoms with Crippen molar-refractivity contribution in [1.82, 2.24) is 0 Å². The fourth-order valence-corrected chi connectivity index (χ4v) is 3.81. The number of carbonyl (C=O) groups excluding carboxylic acids is 2. The van der Waals surface area contributed by atoms with E-state index in [4.69, 9.17) is 0 Å². The lowest BCUT2D eigenvalue weighted by Crippen LogP contribution is -2.10. The van der Waals surface area contributed by atoms with E-state index in [1.54, 1.807) is 0 Å². The number of nitrogens with one attached hydrogen (secondary N) is 2. The standard InChI is InChI=1S/C16H14N2O8S2/c1-2-16(20)18-11-4-6-13(15(8-11)28(24,25)26)12-5-3-10(17-9-19)7-14(12)27(21,22)23/h2-9H,1H2,(H,17,19)(H,18,20)(H,21,22,23)(H,24,25,26). The zero-order chi connectivity index (χ0) is 21.1. The minimum atomic E-state index is -4.85. The number of anilines is 2. The van der Waals surface area contributed by atoms with Crippen LogP contribution in [0.5, 0.6) is 0 Å². The molecule has 0 aliphatic rings. The third kappa shape index (κ3) is 4.80. The van der Waals surface area contributed by atoms with Crippen LogP contribution in [0, 0.1) is 0 Å². The van der Waals surface area contributed by atoms with Gasteiger partial charge in [-0.25, -0.2) is 0 Å². The van der Waals surface area contributed by atoms with Gasteiger partial charge < -0.3 is 10.6 Å². The van der Waals surface area contributed by atoms with Crippen molar-refractivity contribution in [3.63, 3.8) is 0 Å². The number of hydrogen-bond acceptors (Lipinski definition) is 6. The predicted molar refractivity (Wildman–Crippen MR) is 100 cm³/mol. The summed E-state index contributed by atoms with van der Waals surface area (Å²) < 4.78 is 66.2. The molecule has 10 nitrogen and oxygen atoms in total. The molecule has 0 saturated carbocycles. The van der Waals surface area contributed by atoms with Gasteiger partial charge in [-0.1, -0.05) is 18.7 Å². The van der Waals surface area contributed by atoms with Crippen LogP contribution in [0.2, 0.25) is 0 Å². The Balaban J connectivity index is 2.78. The molecule has 12 heteroatoms. The van der Waals surface area contributed by atoms with Crippen molar-refractivity contribution in [2.45, 2.75) is 9.79 Å². The molecule has 0 atom stereocenters. The monoisotopic (exact) mass is 426 g/mol. The van der Waals surface area contributed by atoms with Gasteiger partial charge in [0, 0.05) is 22.5 Å². The summed E-state index contributed by atoms with van der Waals surface area (Å²) in [5.41, 5.74) is -0.499. The van der Waals surface area contributed by atoms with E-state index in [1.165, 1.54) is 12.1 Å². The molecular formula is C16H14N2O8S2. The number of rotatable bonds is 7. The Hall–Kier alpha value is -3.06. The molecule has 2 rings (SSSR count). The second kappa shape index (κ2) is 7.90. The summed E-state index contributed by atoms with van der Waals surface area (Å²) in [4.78, 5) is 20.5. The zero-order valence-corrected chi connectivity index (χ0v) is 15.6. The van der Waals surface area contributed by atoms with Gasteiger partial charge in [-0.05, 0) is 30.3 Å². The minimum Gasteiger partial charge on any atom is -0.329 e. The van der Waals surface area contributed by atoms with E-state index in [-0.39, 0.29) is 28.9 Å². The predicted octanol–water partition coefficient (Wildman–Crippen LogP) is 1.54. The average molecular weight is 426 g/mol. The molecular weight excluding hydrogens is 412 g/mol. The smallest absolute Gasteiger partial charge is 0.295 e. The van der Waals surface area contributed by atoms with Gasteiger partial charge in [0.15, 0.2) is 0 Å².